The Kier molecular flexibility index (Phi) is 3.04. The maximum atomic E-state index is 12.1. The maximum absolute atomic E-state index is 12.1. The standard InChI is InChI=1S/C11H10BrClN2O/c1-3-15-10(16)7-4-5-8(12)6(2)9(7)14-11(15)13/h4-5H,3H2,1-2H3. The molecule has 0 aliphatic carbocycles. The molecule has 0 spiro atoms. The molecule has 3 nitrogen and oxygen atoms in total. The van der Waals surface area contributed by atoms with Gasteiger partial charge in [-0.05, 0) is 43.1 Å². The lowest BCUT2D eigenvalue weighted by molar-refractivity contribution is 0.718. The third kappa shape index (κ3) is 1.66. The van der Waals surface area contributed by atoms with Crippen LogP contribution >= 0.6 is 27.5 Å². The van der Waals surface area contributed by atoms with Crippen molar-refractivity contribution < 1.29 is 0 Å². The topological polar surface area (TPSA) is 34.9 Å². The van der Waals surface area contributed by atoms with Crippen LogP contribution in [0.25, 0.3) is 10.9 Å². The van der Waals surface area contributed by atoms with Gasteiger partial charge in [0, 0.05) is 11.0 Å². The van der Waals surface area contributed by atoms with E-state index in [1.54, 1.807) is 6.07 Å². The van der Waals surface area contributed by atoms with Crippen LogP contribution in [0.3, 0.4) is 0 Å². The van der Waals surface area contributed by atoms with Crippen molar-refractivity contribution in [3.05, 3.63) is 37.8 Å². The van der Waals surface area contributed by atoms with Gasteiger partial charge >= 0.3 is 0 Å². The fraction of sp³-hybridized carbons (Fsp3) is 0.273. The van der Waals surface area contributed by atoms with E-state index in [1.165, 1.54) is 4.57 Å². The molecule has 0 saturated carbocycles. The van der Waals surface area contributed by atoms with Crippen LogP contribution in [0.5, 0.6) is 0 Å². The normalized spacial score (nSPS) is 11.0. The Morgan fingerprint density at radius 3 is 2.81 bits per heavy atom. The molecule has 2 aromatic rings. The summed E-state index contributed by atoms with van der Waals surface area (Å²) in [5.74, 6) is 0. The highest BCUT2D eigenvalue weighted by Gasteiger charge is 2.11. The van der Waals surface area contributed by atoms with Crippen LogP contribution in [0, 0.1) is 6.92 Å². The highest BCUT2D eigenvalue weighted by atomic mass is 79.9. The van der Waals surface area contributed by atoms with E-state index in [2.05, 4.69) is 20.9 Å². The summed E-state index contributed by atoms with van der Waals surface area (Å²) < 4.78 is 2.38. The first-order valence-corrected chi connectivity index (χ1v) is 6.08. The second-order valence-corrected chi connectivity index (χ2v) is 4.69. The van der Waals surface area contributed by atoms with E-state index in [-0.39, 0.29) is 10.8 Å². The van der Waals surface area contributed by atoms with E-state index in [1.807, 2.05) is 19.9 Å². The molecular weight excluding hydrogens is 291 g/mol. The van der Waals surface area contributed by atoms with Gasteiger partial charge in [0.05, 0.1) is 10.9 Å². The molecule has 0 aliphatic rings. The number of hydrogen-bond acceptors (Lipinski definition) is 2. The summed E-state index contributed by atoms with van der Waals surface area (Å²) >= 11 is 9.38. The van der Waals surface area contributed by atoms with Gasteiger partial charge in [-0.1, -0.05) is 15.9 Å². The number of hydrogen-bond donors (Lipinski definition) is 0. The molecule has 0 unspecified atom stereocenters. The zero-order valence-electron chi connectivity index (χ0n) is 8.92. The number of fused-ring (bicyclic) bond motifs is 1. The smallest absolute Gasteiger partial charge is 0.262 e. The Balaban J connectivity index is 2.99. The first-order chi connectivity index (χ1) is 7.56. The zero-order valence-corrected chi connectivity index (χ0v) is 11.3. The molecule has 0 bridgehead atoms. The number of aryl methyl sites for hydroxylation is 1. The summed E-state index contributed by atoms with van der Waals surface area (Å²) in [7, 11) is 0. The Morgan fingerprint density at radius 2 is 2.19 bits per heavy atom. The molecule has 0 N–H and O–H groups in total. The van der Waals surface area contributed by atoms with Gasteiger partial charge in [-0.3, -0.25) is 9.36 Å². The van der Waals surface area contributed by atoms with Crippen molar-refractivity contribution in [3.63, 3.8) is 0 Å². The van der Waals surface area contributed by atoms with Gasteiger partial charge in [-0.2, -0.15) is 0 Å². The molecule has 2 rings (SSSR count). The molecule has 16 heavy (non-hydrogen) atoms. The minimum absolute atomic E-state index is 0.0897. The SMILES string of the molecule is CCn1c(Cl)nc2c(C)c(Br)ccc2c1=O. The summed E-state index contributed by atoms with van der Waals surface area (Å²) in [6, 6.07) is 3.62. The number of halogens is 2. The van der Waals surface area contributed by atoms with Crippen LogP contribution < -0.4 is 5.56 Å². The number of benzene rings is 1. The third-order valence-corrected chi connectivity index (χ3v) is 3.73. The predicted octanol–water partition coefficient (Wildman–Crippen LogP) is 3.14. The molecule has 0 radical (unpaired) electrons. The lowest BCUT2D eigenvalue weighted by Gasteiger charge is -2.08. The lowest BCUT2D eigenvalue weighted by atomic mass is 10.1. The predicted molar refractivity (Wildman–Crippen MR) is 69.1 cm³/mol. The van der Waals surface area contributed by atoms with Crippen molar-refractivity contribution in [2.24, 2.45) is 0 Å². The van der Waals surface area contributed by atoms with Gasteiger partial charge < -0.3 is 0 Å². The van der Waals surface area contributed by atoms with Crippen LogP contribution in [0.2, 0.25) is 5.28 Å². The minimum Gasteiger partial charge on any atom is -0.283 e. The maximum Gasteiger partial charge on any atom is 0.262 e. The number of rotatable bonds is 1. The first kappa shape index (κ1) is 11.6. The van der Waals surface area contributed by atoms with Crippen LogP contribution in [-0.2, 0) is 6.54 Å². The number of aromatic nitrogens is 2. The van der Waals surface area contributed by atoms with Crippen LogP contribution in [0.4, 0.5) is 0 Å². The molecule has 1 aromatic heterocycles. The van der Waals surface area contributed by atoms with Crippen molar-refractivity contribution in [3.8, 4) is 0 Å². The Morgan fingerprint density at radius 1 is 1.50 bits per heavy atom. The van der Waals surface area contributed by atoms with E-state index in [9.17, 15) is 4.79 Å². The minimum atomic E-state index is -0.0897. The summed E-state index contributed by atoms with van der Waals surface area (Å²) in [6.45, 7) is 4.30. The molecule has 0 aliphatic heterocycles. The van der Waals surface area contributed by atoms with Crippen molar-refractivity contribution in [2.45, 2.75) is 20.4 Å². The fourth-order valence-corrected chi connectivity index (χ4v) is 2.25. The molecule has 0 atom stereocenters. The summed E-state index contributed by atoms with van der Waals surface area (Å²) in [4.78, 5) is 16.3. The van der Waals surface area contributed by atoms with Gasteiger partial charge in [-0.15, -0.1) is 0 Å². The number of nitrogens with zero attached hydrogens (tertiary/aromatic N) is 2. The second-order valence-electron chi connectivity index (χ2n) is 3.50. The molecular formula is C11H10BrClN2O. The molecule has 5 heteroatoms. The van der Waals surface area contributed by atoms with Crippen molar-refractivity contribution >= 4 is 38.4 Å². The Labute approximate surface area is 106 Å². The lowest BCUT2D eigenvalue weighted by Crippen LogP contribution is -2.21. The van der Waals surface area contributed by atoms with E-state index in [4.69, 9.17) is 11.6 Å². The Hall–Kier alpha value is -0.870. The Bertz CT molecular complexity index is 621. The summed E-state index contributed by atoms with van der Waals surface area (Å²) in [5, 5.41) is 0.841. The van der Waals surface area contributed by atoms with Gasteiger partial charge in [0.15, 0.2) is 0 Å². The van der Waals surface area contributed by atoms with E-state index in [0.717, 1.165) is 10.0 Å². The molecule has 1 heterocycles. The van der Waals surface area contributed by atoms with Crippen molar-refractivity contribution in [1.82, 2.24) is 9.55 Å². The quantitative estimate of drug-likeness (QED) is 0.759. The van der Waals surface area contributed by atoms with Crippen LogP contribution in [0.1, 0.15) is 12.5 Å². The monoisotopic (exact) mass is 300 g/mol. The van der Waals surface area contributed by atoms with Crippen molar-refractivity contribution in [2.75, 3.05) is 0 Å². The molecule has 0 amide bonds. The van der Waals surface area contributed by atoms with E-state index >= 15 is 0 Å². The highest BCUT2D eigenvalue weighted by Crippen LogP contribution is 2.23. The average Bonchev–Trinajstić information content (AvgIpc) is 2.25. The van der Waals surface area contributed by atoms with E-state index in [0.29, 0.717) is 17.4 Å². The summed E-state index contributed by atoms with van der Waals surface area (Å²) in [6.07, 6.45) is 0. The average molecular weight is 302 g/mol. The molecule has 1 aromatic carbocycles. The molecule has 0 saturated heterocycles. The van der Waals surface area contributed by atoms with Gasteiger partial charge in [-0.25, -0.2) is 4.98 Å². The van der Waals surface area contributed by atoms with E-state index < -0.39 is 0 Å². The highest BCUT2D eigenvalue weighted by molar-refractivity contribution is 9.10. The van der Waals surface area contributed by atoms with Gasteiger partial charge in [0.1, 0.15) is 0 Å². The third-order valence-electron chi connectivity index (χ3n) is 2.58. The largest absolute Gasteiger partial charge is 0.283 e. The van der Waals surface area contributed by atoms with Crippen molar-refractivity contribution in [1.29, 1.82) is 0 Å². The van der Waals surface area contributed by atoms with Gasteiger partial charge in [0.25, 0.3) is 5.56 Å². The molecule has 0 fully saturated rings. The van der Waals surface area contributed by atoms with Gasteiger partial charge in [0.2, 0.25) is 5.28 Å². The summed E-state index contributed by atoms with van der Waals surface area (Å²) in [5.41, 5.74) is 1.50. The first-order valence-electron chi connectivity index (χ1n) is 4.91. The molecule has 84 valence electrons. The zero-order chi connectivity index (χ0) is 11.9. The fourth-order valence-electron chi connectivity index (χ4n) is 1.65. The van der Waals surface area contributed by atoms with Crippen LogP contribution in [0.15, 0.2) is 21.4 Å². The second kappa shape index (κ2) is 4.18. The van der Waals surface area contributed by atoms with Crippen LogP contribution in [-0.4, -0.2) is 9.55 Å².